The lowest BCUT2D eigenvalue weighted by atomic mass is 10.3. The summed E-state index contributed by atoms with van der Waals surface area (Å²) in [6.07, 6.45) is 3.55. The Morgan fingerprint density at radius 3 is 2.79 bits per heavy atom. The van der Waals surface area contributed by atoms with E-state index >= 15 is 0 Å². The van der Waals surface area contributed by atoms with Crippen LogP contribution in [0.4, 0.5) is 5.69 Å². The molecule has 0 bridgehead atoms. The molecule has 19 heavy (non-hydrogen) atoms. The van der Waals surface area contributed by atoms with Crippen LogP contribution in [0.15, 0.2) is 23.1 Å². The number of nitrogens with zero attached hydrogens (tertiary/aromatic N) is 2. The van der Waals surface area contributed by atoms with Crippen LogP contribution < -0.4 is 10.9 Å². The SMILES string of the molecule is Cc1ccc2nc(C)c(NC(=O)C3CC3)c(=O)n2c1. The average Bonchev–Trinajstić information content (AvgIpc) is 3.19. The topological polar surface area (TPSA) is 63.5 Å². The van der Waals surface area contributed by atoms with Gasteiger partial charge < -0.3 is 5.32 Å². The molecule has 0 atom stereocenters. The van der Waals surface area contributed by atoms with Crippen molar-refractivity contribution in [1.29, 1.82) is 0 Å². The predicted molar refractivity (Wildman–Crippen MR) is 72.3 cm³/mol. The van der Waals surface area contributed by atoms with Gasteiger partial charge in [-0.15, -0.1) is 0 Å². The Kier molecular flexibility index (Phi) is 2.62. The molecule has 1 aliphatic rings. The van der Waals surface area contributed by atoms with Gasteiger partial charge in [0.25, 0.3) is 5.56 Å². The number of nitrogens with one attached hydrogen (secondary N) is 1. The first-order chi connectivity index (χ1) is 9.06. The molecule has 2 aromatic heterocycles. The first-order valence-corrected chi connectivity index (χ1v) is 6.37. The molecule has 1 saturated carbocycles. The Hall–Kier alpha value is -2.17. The summed E-state index contributed by atoms with van der Waals surface area (Å²) in [5.41, 5.74) is 2.19. The molecule has 2 heterocycles. The molecule has 1 amide bonds. The van der Waals surface area contributed by atoms with Crippen LogP contribution in [0.1, 0.15) is 24.1 Å². The summed E-state index contributed by atoms with van der Waals surface area (Å²) in [6, 6.07) is 3.71. The van der Waals surface area contributed by atoms with Crippen LogP contribution in [0, 0.1) is 19.8 Å². The Balaban J connectivity index is 2.12. The molecule has 0 saturated heterocycles. The number of aryl methyl sites for hydroxylation is 2. The molecule has 2 aromatic rings. The van der Waals surface area contributed by atoms with E-state index in [4.69, 9.17) is 0 Å². The molecule has 0 radical (unpaired) electrons. The number of amides is 1. The highest BCUT2D eigenvalue weighted by Crippen LogP contribution is 2.30. The zero-order chi connectivity index (χ0) is 13.6. The minimum absolute atomic E-state index is 0.0667. The number of pyridine rings is 1. The standard InChI is InChI=1S/C14H15N3O2/c1-8-3-6-11-15-9(2)12(14(19)17(11)7-8)16-13(18)10-4-5-10/h3,6-7,10H,4-5H2,1-2H3,(H,16,18). The molecular weight excluding hydrogens is 242 g/mol. The second kappa shape index (κ2) is 4.19. The van der Waals surface area contributed by atoms with E-state index in [1.165, 1.54) is 4.40 Å². The normalized spacial score (nSPS) is 14.6. The second-order valence-electron chi connectivity index (χ2n) is 5.08. The van der Waals surface area contributed by atoms with Crippen molar-refractivity contribution < 1.29 is 4.79 Å². The maximum absolute atomic E-state index is 12.4. The van der Waals surface area contributed by atoms with Crippen molar-refractivity contribution in [3.63, 3.8) is 0 Å². The van der Waals surface area contributed by atoms with Crippen LogP contribution in [0.5, 0.6) is 0 Å². The molecule has 1 aliphatic carbocycles. The first-order valence-electron chi connectivity index (χ1n) is 6.37. The number of hydrogen-bond acceptors (Lipinski definition) is 3. The van der Waals surface area contributed by atoms with Crippen molar-refractivity contribution in [2.45, 2.75) is 26.7 Å². The number of hydrogen-bond donors (Lipinski definition) is 1. The van der Waals surface area contributed by atoms with Crippen LogP contribution in [-0.4, -0.2) is 15.3 Å². The molecule has 98 valence electrons. The van der Waals surface area contributed by atoms with E-state index < -0.39 is 0 Å². The third kappa shape index (κ3) is 2.12. The first kappa shape index (κ1) is 11.9. The molecule has 1 N–H and O–H groups in total. The number of fused-ring (bicyclic) bond motifs is 1. The van der Waals surface area contributed by atoms with Crippen LogP contribution in [0.3, 0.4) is 0 Å². The van der Waals surface area contributed by atoms with E-state index in [0.29, 0.717) is 17.0 Å². The lowest BCUT2D eigenvalue weighted by Gasteiger charge is -2.09. The highest BCUT2D eigenvalue weighted by molar-refractivity contribution is 5.94. The molecule has 0 spiro atoms. The van der Waals surface area contributed by atoms with Crippen molar-refractivity contribution >= 4 is 17.2 Å². The molecular formula is C14H15N3O2. The van der Waals surface area contributed by atoms with Crippen LogP contribution in [-0.2, 0) is 4.79 Å². The fraction of sp³-hybridized carbons (Fsp3) is 0.357. The highest BCUT2D eigenvalue weighted by atomic mass is 16.2. The summed E-state index contributed by atoms with van der Waals surface area (Å²) in [5.74, 6) is -0.00777. The van der Waals surface area contributed by atoms with E-state index in [0.717, 1.165) is 18.4 Å². The molecule has 0 unspecified atom stereocenters. The van der Waals surface area contributed by atoms with Gasteiger partial charge in [0.1, 0.15) is 11.3 Å². The summed E-state index contributed by atoms with van der Waals surface area (Å²) in [7, 11) is 0. The molecule has 0 aliphatic heterocycles. The summed E-state index contributed by atoms with van der Waals surface area (Å²) in [6.45, 7) is 3.65. The summed E-state index contributed by atoms with van der Waals surface area (Å²) in [4.78, 5) is 28.5. The maximum atomic E-state index is 12.4. The molecule has 3 rings (SSSR count). The van der Waals surface area contributed by atoms with Crippen molar-refractivity contribution in [3.8, 4) is 0 Å². The van der Waals surface area contributed by atoms with E-state index in [1.807, 2.05) is 13.0 Å². The van der Waals surface area contributed by atoms with Gasteiger partial charge in [0.2, 0.25) is 5.91 Å². The van der Waals surface area contributed by atoms with E-state index in [9.17, 15) is 9.59 Å². The van der Waals surface area contributed by atoms with E-state index in [-0.39, 0.29) is 17.4 Å². The van der Waals surface area contributed by atoms with Gasteiger partial charge in [-0.2, -0.15) is 0 Å². The van der Waals surface area contributed by atoms with Gasteiger partial charge in [-0.3, -0.25) is 14.0 Å². The predicted octanol–water partition coefficient (Wildman–Crippen LogP) is 1.66. The zero-order valence-electron chi connectivity index (χ0n) is 10.9. The van der Waals surface area contributed by atoms with Gasteiger partial charge in [0, 0.05) is 12.1 Å². The third-order valence-electron chi connectivity index (χ3n) is 3.35. The third-order valence-corrected chi connectivity index (χ3v) is 3.35. The number of rotatable bonds is 2. The number of anilines is 1. The van der Waals surface area contributed by atoms with Crippen molar-refractivity contribution in [3.05, 3.63) is 39.9 Å². The Labute approximate surface area is 110 Å². The monoisotopic (exact) mass is 257 g/mol. The lowest BCUT2D eigenvalue weighted by molar-refractivity contribution is -0.117. The number of carbonyl (C=O) groups is 1. The van der Waals surface area contributed by atoms with E-state index in [1.54, 1.807) is 19.2 Å². The van der Waals surface area contributed by atoms with Crippen LogP contribution >= 0.6 is 0 Å². The van der Waals surface area contributed by atoms with Gasteiger partial charge in [0.15, 0.2) is 0 Å². The number of aromatic nitrogens is 2. The Bertz CT molecular complexity index is 729. The van der Waals surface area contributed by atoms with Gasteiger partial charge >= 0.3 is 0 Å². The molecule has 5 nitrogen and oxygen atoms in total. The summed E-state index contributed by atoms with van der Waals surface area (Å²) in [5, 5.41) is 2.72. The van der Waals surface area contributed by atoms with Crippen LogP contribution in [0.2, 0.25) is 0 Å². The fourth-order valence-electron chi connectivity index (χ4n) is 2.07. The molecule has 1 fully saturated rings. The van der Waals surface area contributed by atoms with Gasteiger partial charge in [-0.25, -0.2) is 4.98 Å². The molecule has 5 heteroatoms. The Morgan fingerprint density at radius 2 is 2.11 bits per heavy atom. The zero-order valence-corrected chi connectivity index (χ0v) is 10.9. The van der Waals surface area contributed by atoms with Crippen molar-refractivity contribution in [1.82, 2.24) is 9.38 Å². The summed E-state index contributed by atoms with van der Waals surface area (Å²) < 4.78 is 1.48. The smallest absolute Gasteiger partial charge is 0.281 e. The fourth-order valence-corrected chi connectivity index (χ4v) is 2.07. The largest absolute Gasteiger partial charge is 0.320 e. The van der Waals surface area contributed by atoms with Gasteiger partial charge in [-0.05, 0) is 38.3 Å². The highest BCUT2D eigenvalue weighted by Gasteiger charge is 2.30. The minimum atomic E-state index is -0.222. The summed E-state index contributed by atoms with van der Waals surface area (Å²) >= 11 is 0. The van der Waals surface area contributed by atoms with E-state index in [2.05, 4.69) is 10.3 Å². The minimum Gasteiger partial charge on any atom is -0.320 e. The van der Waals surface area contributed by atoms with Gasteiger partial charge in [-0.1, -0.05) is 6.07 Å². The van der Waals surface area contributed by atoms with Crippen molar-refractivity contribution in [2.24, 2.45) is 5.92 Å². The molecule has 0 aromatic carbocycles. The Morgan fingerprint density at radius 1 is 1.37 bits per heavy atom. The quantitative estimate of drug-likeness (QED) is 0.890. The lowest BCUT2D eigenvalue weighted by Crippen LogP contribution is -2.25. The maximum Gasteiger partial charge on any atom is 0.281 e. The van der Waals surface area contributed by atoms with Gasteiger partial charge in [0.05, 0.1) is 5.69 Å². The average molecular weight is 257 g/mol. The van der Waals surface area contributed by atoms with Crippen LogP contribution in [0.25, 0.3) is 5.65 Å². The van der Waals surface area contributed by atoms with Crippen molar-refractivity contribution in [2.75, 3.05) is 5.32 Å². The second-order valence-corrected chi connectivity index (χ2v) is 5.08. The number of carbonyl (C=O) groups excluding carboxylic acids is 1.